The van der Waals surface area contributed by atoms with Gasteiger partial charge in [-0.3, -0.25) is 4.79 Å². The van der Waals surface area contributed by atoms with Crippen molar-refractivity contribution in [1.82, 2.24) is 5.32 Å². The fourth-order valence-electron chi connectivity index (χ4n) is 3.55. The fourth-order valence-corrected chi connectivity index (χ4v) is 4.53. The molecule has 1 amide bonds. The summed E-state index contributed by atoms with van der Waals surface area (Å²) in [4.78, 5) is 19.1. The van der Waals surface area contributed by atoms with Gasteiger partial charge in [-0.05, 0) is 41.5 Å². The Bertz CT molecular complexity index is 946. The van der Waals surface area contributed by atoms with E-state index in [0.717, 1.165) is 40.7 Å². The number of amides is 1. The number of rotatable bonds is 4. The molecule has 2 aromatic carbocycles. The zero-order chi connectivity index (χ0) is 18.9. The van der Waals surface area contributed by atoms with Crippen LogP contribution in [0.1, 0.15) is 17.5 Å². The summed E-state index contributed by atoms with van der Waals surface area (Å²) in [5.41, 5.74) is 3.18. The maximum atomic E-state index is 12.5. The molecule has 5 rings (SSSR count). The third kappa shape index (κ3) is 3.42. The highest BCUT2D eigenvalue weighted by Gasteiger charge is 2.29. The van der Waals surface area contributed by atoms with Crippen LogP contribution in [-0.2, 0) is 16.1 Å². The molecule has 1 N–H and O–H groups in total. The maximum absolute atomic E-state index is 12.5. The lowest BCUT2D eigenvalue weighted by atomic mass is 10.0. The van der Waals surface area contributed by atoms with Crippen LogP contribution in [0.2, 0.25) is 0 Å². The minimum absolute atomic E-state index is 0.117. The Morgan fingerprint density at radius 2 is 2.14 bits per heavy atom. The molecular weight excluding hydrogens is 376 g/mol. The van der Waals surface area contributed by atoms with Gasteiger partial charge in [0.05, 0.1) is 18.9 Å². The van der Waals surface area contributed by atoms with E-state index in [2.05, 4.69) is 16.5 Å². The van der Waals surface area contributed by atoms with Gasteiger partial charge in [0.25, 0.3) is 5.91 Å². The third-order valence-electron chi connectivity index (χ3n) is 5.06. The molecule has 3 aliphatic heterocycles. The predicted molar refractivity (Wildman–Crippen MR) is 106 cm³/mol. The standard InChI is InChI=1S/C21H20N2O4S/c24-21(19-12-28-20-4-2-1-3-18(20)26-19)22-11-15-10-16(23-27-15)13-5-6-17-14(9-13)7-8-25-17/h1-6,9,15,19H,7-8,10-12H2,(H,22,24)/t15-,19-/m0/s1. The zero-order valence-electron chi connectivity index (χ0n) is 15.2. The first-order chi connectivity index (χ1) is 13.8. The molecule has 2 aromatic rings. The van der Waals surface area contributed by atoms with Crippen molar-refractivity contribution in [3.8, 4) is 11.5 Å². The predicted octanol–water partition coefficient (Wildman–Crippen LogP) is 2.78. The van der Waals surface area contributed by atoms with E-state index < -0.39 is 6.10 Å². The van der Waals surface area contributed by atoms with Gasteiger partial charge in [-0.15, -0.1) is 11.8 Å². The van der Waals surface area contributed by atoms with Crippen LogP contribution in [0.15, 0.2) is 52.5 Å². The molecule has 28 heavy (non-hydrogen) atoms. The van der Waals surface area contributed by atoms with E-state index in [1.165, 1.54) is 5.56 Å². The third-order valence-corrected chi connectivity index (χ3v) is 6.18. The molecule has 3 aliphatic rings. The van der Waals surface area contributed by atoms with Gasteiger partial charge in [-0.2, -0.15) is 0 Å². The van der Waals surface area contributed by atoms with Crippen molar-refractivity contribution in [3.05, 3.63) is 53.6 Å². The van der Waals surface area contributed by atoms with E-state index in [0.29, 0.717) is 18.7 Å². The van der Waals surface area contributed by atoms with Crippen LogP contribution in [0.4, 0.5) is 0 Å². The molecule has 2 atom stereocenters. The summed E-state index contributed by atoms with van der Waals surface area (Å²) >= 11 is 1.64. The number of fused-ring (bicyclic) bond motifs is 2. The highest BCUT2D eigenvalue weighted by atomic mass is 32.2. The van der Waals surface area contributed by atoms with Crippen molar-refractivity contribution in [2.45, 2.75) is 29.9 Å². The normalized spacial score (nSPS) is 22.2. The number of ether oxygens (including phenoxy) is 2. The number of benzene rings is 2. The molecule has 3 heterocycles. The Morgan fingerprint density at radius 3 is 3.11 bits per heavy atom. The number of oxime groups is 1. The molecular formula is C21H20N2O4S. The Balaban J connectivity index is 1.14. The molecule has 0 aromatic heterocycles. The lowest BCUT2D eigenvalue weighted by Gasteiger charge is -2.25. The van der Waals surface area contributed by atoms with Crippen LogP contribution < -0.4 is 14.8 Å². The van der Waals surface area contributed by atoms with Crippen molar-refractivity contribution >= 4 is 23.4 Å². The van der Waals surface area contributed by atoms with Crippen molar-refractivity contribution in [3.63, 3.8) is 0 Å². The summed E-state index contributed by atoms with van der Waals surface area (Å²) in [6, 6.07) is 13.9. The van der Waals surface area contributed by atoms with Crippen molar-refractivity contribution in [2.24, 2.45) is 5.16 Å². The van der Waals surface area contributed by atoms with E-state index in [-0.39, 0.29) is 12.0 Å². The van der Waals surface area contributed by atoms with E-state index >= 15 is 0 Å². The average Bonchev–Trinajstić information content (AvgIpc) is 3.40. The molecule has 6 nitrogen and oxygen atoms in total. The monoisotopic (exact) mass is 396 g/mol. The summed E-state index contributed by atoms with van der Waals surface area (Å²) in [6.45, 7) is 1.15. The van der Waals surface area contributed by atoms with Crippen molar-refractivity contribution in [1.29, 1.82) is 0 Å². The molecule has 7 heteroatoms. The number of nitrogens with zero attached hydrogens (tertiary/aromatic N) is 1. The summed E-state index contributed by atoms with van der Waals surface area (Å²) in [7, 11) is 0. The first kappa shape index (κ1) is 17.4. The van der Waals surface area contributed by atoms with Crippen LogP contribution in [0.5, 0.6) is 11.5 Å². The molecule has 0 fully saturated rings. The second-order valence-corrected chi connectivity index (χ2v) is 8.06. The van der Waals surface area contributed by atoms with E-state index in [1.807, 2.05) is 36.4 Å². The minimum atomic E-state index is -0.488. The number of para-hydroxylation sites is 1. The number of thioether (sulfide) groups is 1. The van der Waals surface area contributed by atoms with Crippen molar-refractivity contribution < 1.29 is 19.1 Å². The smallest absolute Gasteiger partial charge is 0.262 e. The number of carbonyl (C=O) groups excluding carboxylic acids is 1. The second kappa shape index (κ2) is 7.39. The molecule has 0 saturated carbocycles. The van der Waals surface area contributed by atoms with E-state index in [4.69, 9.17) is 14.3 Å². The Labute approximate surface area is 167 Å². The van der Waals surface area contributed by atoms with Crippen LogP contribution in [0, 0.1) is 0 Å². The molecule has 144 valence electrons. The lowest BCUT2D eigenvalue weighted by Crippen LogP contribution is -2.44. The Hall–Kier alpha value is -2.67. The fraction of sp³-hybridized carbons (Fsp3) is 0.333. The molecule has 0 saturated heterocycles. The van der Waals surface area contributed by atoms with E-state index in [9.17, 15) is 4.79 Å². The summed E-state index contributed by atoms with van der Waals surface area (Å²) in [5.74, 6) is 2.21. The lowest BCUT2D eigenvalue weighted by molar-refractivity contribution is -0.127. The van der Waals surface area contributed by atoms with Gasteiger partial charge in [-0.25, -0.2) is 0 Å². The van der Waals surface area contributed by atoms with Crippen LogP contribution in [-0.4, -0.2) is 42.7 Å². The average molecular weight is 396 g/mol. The molecule has 0 unspecified atom stereocenters. The number of hydrogen-bond acceptors (Lipinski definition) is 6. The zero-order valence-corrected chi connectivity index (χ0v) is 16.0. The Morgan fingerprint density at radius 1 is 1.21 bits per heavy atom. The largest absolute Gasteiger partial charge is 0.493 e. The molecule has 0 bridgehead atoms. The van der Waals surface area contributed by atoms with E-state index in [1.54, 1.807) is 11.8 Å². The first-order valence-corrected chi connectivity index (χ1v) is 10.4. The summed E-state index contributed by atoms with van der Waals surface area (Å²) in [5, 5.41) is 7.17. The summed E-state index contributed by atoms with van der Waals surface area (Å²) < 4.78 is 11.4. The van der Waals surface area contributed by atoms with Gasteiger partial charge in [0.1, 0.15) is 17.6 Å². The van der Waals surface area contributed by atoms with Gasteiger partial charge in [0.2, 0.25) is 0 Å². The van der Waals surface area contributed by atoms with Gasteiger partial charge >= 0.3 is 0 Å². The van der Waals surface area contributed by atoms with Gasteiger partial charge < -0.3 is 19.6 Å². The van der Waals surface area contributed by atoms with Gasteiger partial charge in [-0.1, -0.05) is 17.3 Å². The maximum Gasteiger partial charge on any atom is 0.262 e. The Kier molecular flexibility index (Phi) is 4.60. The molecule has 0 spiro atoms. The first-order valence-electron chi connectivity index (χ1n) is 9.41. The number of carbonyl (C=O) groups is 1. The van der Waals surface area contributed by atoms with Crippen LogP contribution in [0.3, 0.4) is 0 Å². The number of nitrogens with one attached hydrogen (secondary N) is 1. The molecule has 0 radical (unpaired) electrons. The second-order valence-electron chi connectivity index (χ2n) is 7.00. The topological polar surface area (TPSA) is 69.2 Å². The quantitative estimate of drug-likeness (QED) is 0.861. The molecule has 0 aliphatic carbocycles. The van der Waals surface area contributed by atoms with Crippen molar-refractivity contribution in [2.75, 3.05) is 18.9 Å². The highest BCUT2D eigenvalue weighted by Crippen LogP contribution is 2.35. The van der Waals surface area contributed by atoms with Crippen LogP contribution in [0.25, 0.3) is 0 Å². The van der Waals surface area contributed by atoms with Gasteiger partial charge in [0, 0.05) is 23.5 Å². The van der Waals surface area contributed by atoms with Gasteiger partial charge in [0.15, 0.2) is 6.10 Å². The SMILES string of the molecule is O=C(NC[C@@H]1CC(c2ccc3c(c2)CCO3)=NO1)[C@@H]1CSc2ccccc2O1. The number of hydrogen-bond donors (Lipinski definition) is 1. The highest BCUT2D eigenvalue weighted by molar-refractivity contribution is 7.99. The van der Waals surface area contributed by atoms with Crippen LogP contribution >= 0.6 is 11.8 Å². The summed E-state index contributed by atoms with van der Waals surface area (Å²) in [6.07, 6.45) is 0.952. The minimum Gasteiger partial charge on any atom is -0.493 e.